The maximum absolute atomic E-state index is 6.12. The Kier molecular flexibility index (Phi) is 4.37. The van der Waals surface area contributed by atoms with Gasteiger partial charge in [-0.25, -0.2) is 4.98 Å². The van der Waals surface area contributed by atoms with E-state index in [-0.39, 0.29) is 0 Å². The molecule has 1 aromatic heterocycles. The summed E-state index contributed by atoms with van der Waals surface area (Å²) in [5, 5.41) is 1.89. The number of hydrogen-bond acceptors (Lipinski definition) is 3. The second-order valence-electron chi connectivity index (χ2n) is 5.14. The summed E-state index contributed by atoms with van der Waals surface area (Å²) in [5.74, 6) is 2.80. The smallest absolute Gasteiger partial charge is 0.129 e. The molecular weight excluding hydrogens is 288 g/mol. The van der Waals surface area contributed by atoms with Crippen LogP contribution in [-0.2, 0) is 5.88 Å². The molecule has 1 fully saturated rings. The van der Waals surface area contributed by atoms with E-state index in [4.69, 9.17) is 16.6 Å². The van der Waals surface area contributed by atoms with Crippen LogP contribution in [0.3, 0.4) is 0 Å². The largest absolute Gasteiger partial charge is 0.355 e. The molecule has 0 saturated carbocycles. The average molecular weight is 307 g/mol. The molecule has 1 aliphatic rings. The number of benzene rings is 1. The zero-order chi connectivity index (χ0) is 13.9. The molecule has 106 valence electrons. The minimum atomic E-state index is 0.538. The Morgan fingerprint density at radius 3 is 3.05 bits per heavy atom. The van der Waals surface area contributed by atoms with Gasteiger partial charge in [0.1, 0.15) is 5.82 Å². The van der Waals surface area contributed by atoms with Gasteiger partial charge in [0.2, 0.25) is 0 Å². The van der Waals surface area contributed by atoms with E-state index in [1.807, 2.05) is 12.1 Å². The fraction of sp³-hybridized carbons (Fsp3) is 0.438. The zero-order valence-electron chi connectivity index (χ0n) is 11.7. The number of rotatable bonds is 3. The minimum absolute atomic E-state index is 0.538. The number of aromatic nitrogens is 1. The van der Waals surface area contributed by atoms with Gasteiger partial charge in [0.15, 0.2) is 0 Å². The molecule has 0 N–H and O–H groups in total. The monoisotopic (exact) mass is 306 g/mol. The molecule has 1 saturated heterocycles. The van der Waals surface area contributed by atoms with Crippen molar-refractivity contribution in [2.45, 2.75) is 24.5 Å². The summed E-state index contributed by atoms with van der Waals surface area (Å²) in [5.41, 5.74) is 2.23. The maximum atomic E-state index is 6.12. The number of thioether (sulfide) groups is 1. The summed E-state index contributed by atoms with van der Waals surface area (Å²) in [6.07, 6.45) is 1.22. The first-order valence-electron chi connectivity index (χ1n) is 7.13. The lowest BCUT2D eigenvalue weighted by Crippen LogP contribution is -2.38. The predicted molar refractivity (Wildman–Crippen MR) is 90.1 cm³/mol. The number of anilines is 1. The molecule has 1 aliphatic heterocycles. The van der Waals surface area contributed by atoms with Gasteiger partial charge in [-0.2, -0.15) is 11.8 Å². The third kappa shape index (κ3) is 2.75. The van der Waals surface area contributed by atoms with Gasteiger partial charge in [0, 0.05) is 35.4 Å². The van der Waals surface area contributed by atoms with Crippen molar-refractivity contribution in [2.24, 2.45) is 0 Å². The molecule has 4 heteroatoms. The van der Waals surface area contributed by atoms with Gasteiger partial charge < -0.3 is 4.90 Å². The Labute approximate surface area is 129 Å². The Morgan fingerprint density at radius 2 is 2.25 bits per heavy atom. The standard InChI is InChI=1S/C16H19ClN2S/c1-2-13-11-19(7-8-20-13)16-9-12(10-17)14-5-3-4-6-15(14)18-16/h3-6,9,13H,2,7-8,10-11H2,1H3. The maximum Gasteiger partial charge on any atom is 0.129 e. The van der Waals surface area contributed by atoms with E-state index in [0.29, 0.717) is 5.88 Å². The van der Waals surface area contributed by atoms with Gasteiger partial charge in [0.05, 0.1) is 5.52 Å². The number of halogens is 1. The highest BCUT2D eigenvalue weighted by Gasteiger charge is 2.20. The molecule has 20 heavy (non-hydrogen) atoms. The molecule has 1 atom stereocenters. The number of nitrogens with zero attached hydrogens (tertiary/aromatic N) is 2. The van der Waals surface area contributed by atoms with Crippen molar-refractivity contribution in [3.8, 4) is 0 Å². The summed E-state index contributed by atoms with van der Waals surface area (Å²) >= 11 is 8.20. The van der Waals surface area contributed by atoms with Crippen molar-refractivity contribution in [1.82, 2.24) is 4.98 Å². The van der Waals surface area contributed by atoms with Crippen LogP contribution in [0.4, 0.5) is 5.82 Å². The van der Waals surface area contributed by atoms with Crippen LogP contribution in [0.2, 0.25) is 0 Å². The number of alkyl halides is 1. The van der Waals surface area contributed by atoms with Gasteiger partial charge >= 0.3 is 0 Å². The van der Waals surface area contributed by atoms with Crippen molar-refractivity contribution in [3.63, 3.8) is 0 Å². The molecule has 0 radical (unpaired) electrons. The molecule has 3 rings (SSSR count). The molecule has 2 heterocycles. The van der Waals surface area contributed by atoms with Crippen LogP contribution in [0.15, 0.2) is 30.3 Å². The Bertz CT molecular complexity index is 602. The van der Waals surface area contributed by atoms with E-state index in [1.54, 1.807) is 0 Å². The molecule has 2 nitrogen and oxygen atoms in total. The Balaban J connectivity index is 1.99. The molecule has 0 bridgehead atoms. The normalized spacial score (nSPS) is 19.5. The summed E-state index contributed by atoms with van der Waals surface area (Å²) < 4.78 is 0. The van der Waals surface area contributed by atoms with Crippen molar-refractivity contribution in [3.05, 3.63) is 35.9 Å². The summed E-state index contributed by atoms with van der Waals surface area (Å²) in [4.78, 5) is 7.24. The topological polar surface area (TPSA) is 16.1 Å². The highest BCUT2D eigenvalue weighted by atomic mass is 35.5. The van der Waals surface area contributed by atoms with E-state index >= 15 is 0 Å². The van der Waals surface area contributed by atoms with Crippen molar-refractivity contribution >= 4 is 40.1 Å². The SMILES string of the molecule is CCC1CN(c2cc(CCl)c3ccccc3n2)CCS1. The van der Waals surface area contributed by atoms with E-state index in [2.05, 4.69) is 41.8 Å². The molecule has 2 aromatic rings. The fourth-order valence-electron chi connectivity index (χ4n) is 2.68. The predicted octanol–water partition coefficient (Wildman–Crippen LogP) is 4.31. The third-order valence-electron chi connectivity index (χ3n) is 3.85. The van der Waals surface area contributed by atoms with Crippen LogP contribution in [0.25, 0.3) is 10.9 Å². The molecule has 0 aliphatic carbocycles. The van der Waals surface area contributed by atoms with Gasteiger partial charge in [-0.05, 0) is 24.1 Å². The minimum Gasteiger partial charge on any atom is -0.355 e. The average Bonchev–Trinajstić information content (AvgIpc) is 2.53. The molecule has 0 amide bonds. The Hall–Kier alpha value is -0.930. The van der Waals surface area contributed by atoms with Crippen molar-refractivity contribution in [1.29, 1.82) is 0 Å². The van der Waals surface area contributed by atoms with Gasteiger partial charge in [-0.3, -0.25) is 0 Å². The number of pyridine rings is 1. The quantitative estimate of drug-likeness (QED) is 0.786. The Morgan fingerprint density at radius 1 is 1.40 bits per heavy atom. The molecular formula is C16H19ClN2S. The number of hydrogen-bond donors (Lipinski definition) is 0. The lowest BCUT2D eigenvalue weighted by Gasteiger charge is -2.33. The lowest BCUT2D eigenvalue weighted by atomic mass is 10.1. The van der Waals surface area contributed by atoms with Gasteiger partial charge in [-0.1, -0.05) is 25.1 Å². The molecule has 1 aromatic carbocycles. The van der Waals surface area contributed by atoms with Crippen molar-refractivity contribution < 1.29 is 0 Å². The van der Waals surface area contributed by atoms with Crippen LogP contribution in [0, 0.1) is 0 Å². The fourth-order valence-corrected chi connectivity index (χ4v) is 4.08. The second kappa shape index (κ2) is 6.23. The summed E-state index contributed by atoms with van der Waals surface area (Å²) in [7, 11) is 0. The summed E-state index contributed by atoms with van der Waals surface area (Å²) in [6, 6.07) is 10.4. The number of para-hydroxylation sites is 1. The lowest BCUT2D eigenvalue weighted by molar-refractivity contribution is 0.721. The van der Waals surface area contributed by atoms with Crippen LogP contribution in [0.1, 0.15) is 18.9 Å². The van der Waals surface area contributed by atoms with Gasteiger partial charge in [0.25, 0.3) is 0 Å². The number of fused-ring (bicyclic) bond motifs is 1. The van der Waals surface area contributed by atoms with E-state index in [9.17, 15) is 0 Å². The first kappa shape index (κ1) is 14.0. The van der Waals surface area contributed by atoms with Crippen LogP contribution in [-0.4, -0.2) is 29.1 Å². The van der Waals surface area contributed by atoms with Crippen LogP contribution < -0.4 is 4.90 Å². The molecule has 1 unspecified atom stereocenters. The highest BCUT2D eigenvalue weighted by molar-refractivity contribution is 8.00. The first-order chi connectivity index (χ1) is 9.81. The molecule has 0 spiro atoms. The first-order valence-corrected chi connectivity index (χ1v) is 8.71. The van der Waals surface area contributed by atoms with Crippen LogP contribution >= 0.6 is 23.4 Å². The highest BCUT2D eigenvalue weighted by Crippen LogP contribution is 2.28. The van der Waals surface area contributed by atoms with Crippen LogP contribution in [0.5, 0.6) is 0 Å². The third-order valence-corrected chi connectivity index (χ3v) is 5.51. The van der Waals surface area contributed by atoms with E-state index < -0.39 is 0 Å². The zero-order valence-corrected chi connectivity index (χ0v) is 13.3. The van der Waals surface area contributed by atoms with E-state index in [0.717, 1.165) is 29.7 Å². The summed E-state index contributed by atoms with van der Waals surface area (Å²) in [6.45, 7) is 4.43. The second-order valence-corrected chi connectivity index (χ2v) is 6.81. The van der Waals surface area contributed by atoms with Crippen molar-refractivity contribution in [2.75, 3.05) is 23.7 Å². The van der Waals surface area contributed by atoms with E-state index in [1.165, 1.54) is 23.1 Å². The van der Waals surface area contributed by atoms with Gasteiger partial charge in [-0.15, -0.1) is 11.6 Å².